The summed E-state index contributed by atoms with van der Waals surface area (Å²) in [4.78, 5) is 0. The molecule has 1 aliphatic rings. The van der Waals surface area contributed by atoms with E-state index in [4.69, 9.17) is 10.2 Å². The van der Waals surface area contributed by atoms with Crippen molar-refractivity contribution in [2.45, 2.75) is 59.2 Å². The predicted octanol–water partition coefficient (Wildman–Crippen LogP) is 2.54. The van der Waals surface area contributed by atoms with Crippen molar-refractivity contribution in [3.05, 3.63) is 0 Å². The van der Waals surface area contributed by atoms with E-state index < -0.39 is 6.29 Å². The summed E-state index contributed by atoms with van der Waals surface area (Å²) in [5.41, 5.74) is 0.412. The molecule has 1 fully saturated rings. The molecular formula is C12H24O2. The second-order valence-electron chi connectivity index (χ2n) is 5.96. The second-order valence-corrected chi connectivity index (χ2v) is 5.96. The lowest BCUT2D eigenvalue weighted by Gasteiger charge is -2.33. The highest BCUT2D eigenvalue weighted by Crippen LogP contribution is 2.36. The minimum absolute atomic E-state index is 0.131. The van der Waals surface area contributed by atoms with E-state index in [-0.39, 0.29) is 5.92 Å². The zero-order valence-electron chi connectivity index (χ0n) is 9.66. The third kappa shape index (κ3) is 3.97. The van der Waals surface area contributed by atoms with Gasteiger partial charge >= 0.3 is 0 Å². The fourth-order valence-electron chi connectivity index (χ4n) is 2.56. The summed E-state index contributed by atoms with van der Waals surface area (Å²) in [5, 5.41) is 18.1. The van der Waals surface area contributed by atoms with Gasteiger partial charge in [0.15, 0.2) is 6.29 Å². The van der Waals surface area contributed by atoms with Gasteiger partial charge in [-0.15, -0.1) is 0 Å². The zero-order chi connectivity index (χ0) is 10.8. The van der Waals surface area contributed by atoms with E-state index in [2.05, 4.69) is 20.8 Å². The van der Waals surface area contributed by atoms with Gasteiger partial charge in [0.05, 0.1) is 0 Å². The number of aliphatic hydroxyl groups is 2. The molecule has 0 spiro atoms. The van der Waals surface area contributed by atoms with E-state index >= 15 is 0 Å². The molecule has 0 aliphatic heterocycles. The highest BCUT2D eigenvalue weighted by Gasteiger charge is 2.27. The second kappa shape index (κ2) is 4.63. The van der Waals surface area contributed by atoms with Crippen LogP contribution < -0.4 is 0 Å². The molecule has 0 aromatic carbocycles. The Labute approximate surface area is 87.3 Å². The predicted molar refractivity (Wildman–Crippen MR) is 57.7 cm³/mol. The van der Waals surface area contributed by atoms with Crippen molar-refractivity contribution in [1.82, 2.24) is 0 Å². The Balaban J connectivity index is 2.29. The average molecular weight is 200 g/mol. The lowest BCUT2D eigenvalue weighted by Crippen LogP contribution is -2.26. The third-order valence-electron chi connectivity index (χ3n) is 3.21. The molecule has 1 saturated carbocycles. The van der Waals surface area contributed by atoms with Gasteiger partial charge in [-0.1, -0.05) is 20.8 Å². The lowest BCUT2D eigenvalue weighted by atomic mass is 9.74. The van der Waals surface area contributed by atoms with Crippen LogP contribution in [0.1, 0.15) is 52.9 Å². The average Bonchev–Trinajstić information content (AvgIpc) is 2.02. The molecule has 14 heavy (non-hydrogen) atoms. The van der Waals surface area contributed by atoms with Crippen molar-refractivity contribution < 1.29 is 10.2 Å². The Morgan fingerprint density at radius 1 is 1.07 bits per heavy atom. The molecule has 2 heteroatoms. The van der Waals surface area contributed by atoms with Crippen LogP contribution >= 0.6 is 0 Å². The molecule has 84 valence electrons. The van der Waals surface area contributed by atoms with Crippen LogP contribution in [0.4, 0.5) is 0 Å². The van der Waals surface area contributed by atoms with Gasteiger partial charge in [-0.25, -0.2) is 0 Å². The molecule has 2 nitrogen and oxygen atoms in total. The van der Waals surface area contributed by atoms with Gasteiger partial charge in [-0.05, 0) is 43.4 Å². The van der Waals surface area contributed by atoms with Crippen LogP contribution in [0.2, 0.25) is 0 Å². The number of aliphatic hydroxyl groups excluding tert-OH is 1. The molecule has 0 bridgehead atoms. The lowest BCUT2D eigenvalue weighted by molar-refractivity contribution is -0.0965. The molecule has 2 N–H and O–H groups in total. The Kier molecular flexibility index (Phi) is 3.96. The molecule has 0 heterocycles. The highest BCUT2D eigenvalue weighted by molar-refractivity contribution is 4.77. The van der Waals surface area contributed by atoms with Crippen LogP contribution in [0.3, 0.4) is 0 Å². The molecule has 0 aromatic rings. The molecule has 1 aliphatic carbocycles. The Morgan fingerprint density at radius 2 is 1.57 bits per heavy atom. The van der Waals surface area contributed by atoms with Crippen LogP contribution in [-0.2, 0) is 0 Å². The number of rotatable bonds is 2. The van der Waals surface area contributed by atoms with E-state index in [0.717, 1.165) is 18.8 Å². The highest BCUT2D eigenvalue weighted by atomic mass is 16.5. The Hall–Kier alpha value is -0.0800. The first-order valence-corrected chi connectivity index (χ1v) is 5.74. The summed E-state index contributed by atoms with van der Waals surface area (Å²) in [6, 6.07) is 0. The summed E-state index contributed by atoms with van der Waals surface area (Å²) in [6.45, 7) is 6.83. The zero-order valence-corrected chi connectivity index (χ0v) is 9.66. The summed E-state index contributed by atoms with van der Waals surface area (Å²) in [7, 11) is 0. The molecule has 0 amide bonds. The van der Waals surface area contributed by atoms with Gasteiger partial charge in [-0.2, -0.15) is 0 Å². The van der Waals surface area contributed by atoms with Crippen molar-refractivity contribution in [1.29, 1.82) is 0 Å². The molecule has 0 saturated heterocycles. The first-order valence-electron chi connectivity index (χ1n) is 5.74. The summed E-state index contributed by atoms with van der Waals surface area (Å²) < 4.78 is 0. The minimum Gasteiger partial charge on any atom is -0.368 e. The van der Waals surface area contributed by atoms with Crippen LogP contribution in [0.15, 0.2) is 0 Å². The van der Waals surface area contributed by atoms with Gasteiger partial charge in [0.2, 0.25) is 0 Å². The summed E-state index contributed by atoms with van der Waals surface area (Å²) in [5.74, 6) is 0.927. The Morgan fingerprint density at radius 3 is 1.93 bits per heavy atom. The SMILES string of the molecule is CC(C)(C)CC1CCC(C(O)O)CC1. The normalized spacial score (nSPS) is 29.6. The quantitative estimate of drug-likeness (QED) is 0.672. The Bertz CT molecular complexity index is 162. The van der Waals surface area contributed by atoms with E-state index in [1.807, 2.05) is 0 Å². The molecule has 0 radical (unpaired) electrons. The monoisotopic (exact) mass is 200 g/mol. The molecule has 0 atom stereocenters. The molecule has 0 aromatic heterocycles. The third-order valence-corrected chi connectivity index (χ3v) is 3.21. The standard InChI is InChI=1S/C12H24O2/c1-12(2,3)8-9-4-6-10(7-5-9)11(13)14/h9-11,13-14H,4-8H2,1-3H3. The molecule has 0 unspecified atom stereocenters. The molecule has 1 rings (SSSR count). The van der Waals surface area contributed by atoms with E-state index in [9.17, 15) is 0 Å². The minimum atomic E-state index is -1.09. The van der Waals surface area contributed by atoms with Crippen LogP contribution in [0, 0.1) is 17.3 Å². The summed E-state index contributed by atoms with van der Waals surface area (Å²) in [6.07, 6.45) is 4.47. The van der Waals surface area contributed by atoms with Crippen LogP contribution in [0.25, 0.3) is 0 Å². The maximum absolute atomic E-state index is 9.05. The first kappa shape index (κ1) is 12.0. The van der Waals surface area contributed by atoms with E-state index in [1.165, 1.54) is 19.3 Å². The van der Waals surface area contributed by atoms with Gasteiger partial charge in [-0.3, -0.25) is 0 Å². The van der Waals surface area contributed by atoms with Gasteiger partial charge in [0, 0.05) is 5.92 Å². The van der Waals surface area contributed by atoms with E-state index in [0.29, 0.717) is 5.41 Å². The van der Waals surface area contributed by atoms with Crippen molar-refractivity contribution in [2.75, 3.05) is 0 Å². The topological polar surface area (TPSA) is 40.5 Å². The first-order chi connectivity index (χ1) is 6.38. The summed E-state index contributed by atoms with van der Waals surface area (Å²) >= 11 is 0. The van der Waals surface area contributed by atoms with Crippen LogP contribution in [0.5, 0.6) is 0 Å². The number of hydrogen-bond acceptors (Lipinski definition) is 2. The fourth-order valence-corrected chi connectivity index (χ4v) is 2.56. The maximum Gasteiger partial charge on any atom is 0.154 e. The van der Waals surface area contributed by atoms with E-state index in [1.54, 1.807) is 0 Å². The fraction of sp³-hybridized carbons (Fsp3) is 1.00. The molecular weight excluding hydrogens is 176 g/mol. The smallest absolute Gasteiger partial charge is 0.154 e. The van der Waals surface area contributed by atoms with Crippen LogP contribution in [-0.4, -0.2) is 16.5 Å². The van der Waals surface area contributed by atoms with Gasteiger partial charge < -0.3 is 10.2 Å². The van der Waals surface area contributed by atoms with Crippen molar-refractivity contribution in [2.24, 2.45) is 17.3 Å². The van der Waals surface area contributed by atoms with Gasteiger partial charge in [0.25, 0.3) is 0 Å². The largest absolute Gasteiger partial charge is 0.368 e. The van der Waals surface area contributed by atoms with Crippen molar-refractivity contribution in [3.63, 3.8) is 0 Å². The number of hydrogen-bond donors (Lipinski definition) is 2. The van der Waals surface area contributed by atoms with Crippen molar-refractivity contribution in [3.8, 4) is 0 Å². The maximum atomic E-state index is 9.05. The van der Waals surface area contributed by atoms with Gasteiger partial charge in [0.1, 0.15) is 0 Å². The van der Waals surface area contributed by atoms with Crippen molar-refractivity contribution >= 4 is 0 Å².